The third kappa shape index (κ3) is 7.85. The van der Waals surface area contributed by atoms with Gasteiger partial charge in [0.05, 0.1) is 0 Å². The molecule has 0 aliphatic carbocycles. The third-order valence-electron chi connectivity index (χ3n) is 6.99. The number of hydrogen-bond acceptors (Lipinski definition) is 0. The van der Waals surface area contributed by atoms with E-state index >= 15 is 0 Å². The molecule has 0 amide bonds. The molecule has 0 fully saturated rings. The normalized spacial score (nSPS) is 11.5. The van der Waals surface area contributed by atoms with Crippen molar-refractivity contribution in [1.82, 2.24) is 0 Å². The fraction of sp³-hybridized carbons (Fsp3) is 0.438. The quantitative estimate of drug-likeness (QED) is 0.103. The van der Waals surface area contributed by atoms with Crippen molar-refractivity contribution < 1.29 is 0 Å². The van der Waals surface area contributed by atoms with Gasteiger partial charge < -0.3 is 0 Å². The lowest BCUT2D eigenvalue weighted by molar-refractivity contribution is 0.492. The summed E-state index contributed by atoms with van der Waals surface area (Å²) in [5.74, 6) is 0. The monoisotopic (exact) mass is 504 g/mol. The third-order valence-corrected chi connectivity index (χ3v) is 7.55. The molecule has 1 heteroatoms. The van der Waals surface area contributed by atoms with E-state index in [9.17, 15) is 0 Å². The molecule has 0 unspecified atom stereocenters. The van der Waals surface area contributed by atoms with Crippen LogP contribution in [0.2, 0.25) is 0 Å². The maximum absolute atomic E-state index is 3.53. The fourth-order valence-electron chi connectivity index (χ4n) is 5.18. The minimum atomic E-state index is -0.0844. The Bertz CT molecular complexity index is 760. The molecule has 0 aliphatic rings. The van der Waals surface area contributed by atoms with E-state index < -0.39 is 0 Å². The Labute approximate surface area is 211 Å². The minimum absolute atomic E-state index is 0.0844. The van der Waals surface area contributed by atoms with Crippen LogP contribution in [-0.2, 0) is 5.41 Å². The second kappa shape index (κ2) is 15.1. The first-order chi connectivity index (χ1) is 16.4. The number of benzene rings is 3. The average Bonchev–Trinajstić information content (AvgIpc) is 2.89. The molecular weight excluding hydrogens is 464 g/mol. The number of unbranched alkanes of at least 4 members (excludes halogenated alkanes) is 10. The van der Waals surface area contributed by atoms with Gasteiger partial charge in [-0.3, -0.25) is 0 Å². The van der Waals surface area contributed by atoms with Gasteiger partial charge in [0, 0.05) is 10.7 Å². The Balaban J connectivity index is 1.59. The van der Waals surface area contributed by atoms with E-state index in [2.05, 4.69) is 107 Å². The zero-order valence-corrected chi connectivity index (χ0v) is 21.8. The van der Waals surface area contributed by atoms with Crippen molar-refractivity contribution in [3.05, 3.63) is 108 Å². The molecule has 0 aromatic heterocycles. The van der Waals surface area contributed by atoms with Crippen LogP contribution in [0, 0.1) is 0 Å². The highest BCUT2D eigenvalue weighted by atomic mass is 79.9. The van der Waals surface area contributed by atoms with Crippen LogP contribution in [-0.4, -0.2) is 5.33 Å². The van der Waals surface area contributed by atoms with Gasteiger partial charge in [-0.15, -0.1) is 0 Å². The Hall–Kier alpha value is -1.86. The molecule has 0 spiro atoms. The summed E-state index contributed by atoms with van der Waals surface area (Å²) in [7, 11) is 0. The van der Waals surface area contributed by atoms with Gasteiger partial charge in [0.2, 0.25) is 0 Å². The summed E-state index contributed by atoms with van der Waals surface area (Å²) >= 11 is 3.53. The Kier molecular flexibility index (Phi) is 11.8. The van der Waals surface area contributed by atoms with Crippen LogP contribution in [0.25, 0.3) is 0 Å². The smallest absolute Gasteiger partial charge is 0.0451 e. The summed E-state index contributed by atoms with van der Waals surface area (Å²) in [6.45, 7) is 0. The summed E-state index contributed by atoms with van der Waals surface area (Å²) in [5, 5.41) is 1.16. The highest BCUT2D eigenvalue weighted by Gasteiger charge is 2.35. The molecule has 0 bridgehead atoms. The van der Waals surface area contributed by atoms with Crippen molar-refractivity contribution in [2.24, 2.45) is 0 Å². The molecule has 0 nitrogen and oxygen atoms in total. The lowest BCUT2D eigenvalue weighted by Gasteiger charge is -2.36. The van der Waals surface area contributed by atoms with E-state index in [0.717, 1.165) is 11.8 Å². The number of halogens is 1. The summed E-state index contributed by atoms with van der Waals surface area (Å²) in [6, 6.07) is 33.4. The van der Waals surface area contributed by atoms with Gasteiger partial charge in [0.1, 0.15) is 0 Å². The van der Waals surface area contributed by atoms with Gasteiger partial charge in [-0.05, 0) is 29.5 Å². The zero-order valence-electron chi connectivity index (χ0n) is 20.2. The van der Waals surface area contributed by atoms with E-state index in [4.69, 9.17) is 0 Å². The van der Waals surface area contributed by atoms with Crippen molar-refractivity contribution in [2.75, 3.05) is 5.33 Å². The maximum atomic E-state index is 3.53. The summed E-state index contributed by atoms with van der Waals surface area (Å²) in [5.41, 5.74) is 4.13. The number of rotatable bonds is 16. The molecule has 0 radical (unpaired) electrons. The molecular formula is C32H41Br. The molecule has 176 valence electrons. The summed E-state index contributed by atoms with van der Waals surface area (Å²) in [6.07, 6.45) is 16.2. The number of alkyl halides is 1. The molecule has 3 aromatic rings. The lowest BCUT2D eigenvalue weighted by Crippen LogP contribution is -2.29. The Morgan fingerprint density at radius 2 is 0.697 bits per heavy atom. The highest BCUT2D eigenvalue weighted by molar-refractivity contribution is 9.09. The predicted molar refractivity (Wildman–Crippen MR) is 148 cm³/mol. The van der Waals surface area contributed by atoms with Crippen LogP contribution in [0.15, 0.2) is 91.0 Å². The maximum Gasteiger partial charge on any atom is 0.0451 e. The summed E-state index contributed by atoms with van der Waals surface area (Å²) < 4.78 is 0. The van der Waals surface area contributed by atoms with Crippen LogP contribution in [0.1, 0.15) is 93.7 Å². The van der Waals surface area contributed by atoms with Gasteiger partial charge in [-0.25, -0.2) is 0 Å². The van der Waals surface area contributed by atoms with Gasteiger partial charge in [0.15, 0.2) is 0 Å². The molecule has 0 N–H and O–H groups in total. The van der Waals surface area contributed by atoms with E-state index in [1.165, 1.54) is 87.3 Å². The van der Waals surface area contributed by atoms with E-state index in [0.29, 0.717) is 0 Å². The Morgan fingerprint density at radius 1 is 0.394 bits per heavy atom. The molecule has 0 aliphatic heterocycles. The molecule has 3 rings (SSSR count). The highest BCUT2D eigenvalue weighted by Crippen LogP contribution is 2.43. The topological polar surface area (TPSA) is 0 Å². The largest absolute Gasteiger partial charge is 0.0928 e. The first-order valence-corrected chi connectivity index (χ1v) is 14.2. The lowest BCUT2D eigenvalue weighted by atomic mass is 9.66. The zero-order chi connectivity index (χ0) is 23.0. The van der Waals surface area contributed by atoms with Crippen LogP contribution in [0.5, 0.6) is 0 Å². The van der Waals surface area contributed by atoms with Crippen molar-refractivity contribution in [1.29, 1.82) is 0 Å². The molecule has 33 heavy (non-hydrogen) atoms. The van der Waals surface area contributed by atoms with E-state index in [1.807, 2.05) is 0 Å². The van der Waals surface area contributed by atoms with Crippen molar-refractivity contribution in [2.45, 2.75) is 82.5 Å². The van der Waals surface area contributed by atoms with Gasteiger partial charge in [-0.2, -0.15) is 0 Å². The number of hydrogen-bond donors (Lipinski definition) is 0. The van der Waals surface area contributed by atoms with E-state index in [1.54, 1.807) is 0 Å². The SMILES string of the molecule is BrCCCCCCCCCCCCCC(c1ccccc1)(c1ccccc1)c1ccccc1. The van der Waals surface area contributed by atoms with Crippen LogP contribution in [0.3, 0.4) is 0 Å². The van der Waals surface area contributed by atoms with Gasteiger partial charge in [0.25, 0.3) is 0 Å². The first kappa shape index (κ1) is 25.8. The molecule has 0 heterocycles. The standard InChI is InChI=1S/C32H41Br/c33-28-20-9-7-5-3-1-2-4-6-8-19-27-32(29-21-13-10-14-22-29,30-23-15-11-16-24-30)31-25-17-12-18-26-31/h10-18,21-26H,1-9,19-20,27-28H2. The van der Waals surface area contributed by atoms with Gasteiger partial charge >= 0.3 is 0 Å². The molecule has 0 saturated carbocycles. The van der Waals surface area contributed by atoms with E-state index in [-0.39, 0.29) is 5.41 Å². The summed E-state index contributed by atoms with van der Waals surface area (Å²) in [4.78, 5) is 0. The van der Waals surface area contributed by atoms with Gasteiger partial charge in [-0.1, -0.05) is 171 Å². The second-order valence-corrected chi connectivity index (χ2v) is 10.1. The van der Waals surface area contributed by atoms with Crippen LogP contribution < -0.4 is 0 Å². The minimum Gasteiger partial charge on any atom is -0.0928 e. The molecule has 0 saturated heterocycles. The fourth-order valence-corrected chi connectivity index (χ4v) is 5.57. The molecule has 3 aromatic carbocycles. The van der Waals surface area contributed by atoms with Crippen molar-refractivity contribution >= 4 is 15.9 Å². The Morgan fingerprint density at radius 3 is 1.03 bits per heavy atom. The predicted octanol–water partition coefficient (Wildman–Crippen LogP) is 10.1. The second-order valence-electron chi connectivity index (χ2n) is 9.33. The van der Waals surface area contributed by atoms with Crippen molar-refractivity contribution in [3.63, 3.8) is 0 Å². The van der Waals surface area contributed by atoms with Crippen LogP contribution >= 0.6 is 15.9 Å². The first-order valence-electron chi connectivity index (χ1n) is 13.1. The van der Waals surface area contributed by atoms with Crippen LogP contribution in [0.4, 0.5) is 0 Å². The van der Waals surface area contributed by atoms with Crippen molar-refractivity contribution in [3.8, 4) is 0 Å². The molecule has 0 atom stereocenters. The average molecular weight is 506 g/mol.